The summed E-state index contributed by atoms with van der Waals surface area (Å²) in [7, 11) is 0. The van der Waals surface area contributed by atoms with Gasteiger partial charge in [0, 0.05) is 11.6 Å². The minimum atomic E-state index is 0.787. The highest BCUT2D eigenvalue weighted by Gasteiger charge is 2.06. The van der Waals surface area contributed by atoms with Crippen molar-refractivity contribution in [3.63, 3.8) is 0 Å². The molecule has 2 aromatic rings. The van der Waals surface area contributed by atoms with Crippen molar-refractivity contribution in [3.05, 3.63) is 58.6 Å². The Morgan fingerprint density at radius 2 is 1.74 bits per heavy atom. The largest absolute Gasteiger partial charge is 0.313 e. The summed E-state index contributed by atoms with van der Waals surface area (Å²) in [4.78, 5) is 0. The van der Waals surface area contributed by atoms with E-state index in [4.69, 9.17) is 11.6 Å². The van der Waals surface area contributed by atoms with Gasteiger partial charge in [-0.1, -0.05) is 55.8 Å². The molecule has 0 unspecified atom stereocenters. The standard InChI is InChI=1S/C17H20ClN/c1-3-13-5-7-14(8-6-13)17-11-16(18)10-9-15(17)12-19-4-2/h5-11,19H,3-4,12H2,1-2H3. The number of nitrogens with one attached hydrogen (secondary N) is 1. The van der Waals surface area contributed by atoms with Crippen molar-refractivity contribution in [1.82, 2.24) is 5.32 Å². The van der Waals surface area contributed by atoms with Crippen molar-refractivity contribution in [3.8, 4) is 11.1 Å². The molecule has 0 amide bonds. The Balaban J connectivity index is 2.37. The first kappa shape index (κ1) is 14.1. The van der Waals surface area contributed by atoms with E-state index < -0.39 is 0 Å². The van der Waals surface area contributed by atoms with Crippen molar-refractivity contribution in [1.29, 1.82) is 0 Å². The van der Waals surface area contributed by atoms with Gasteiger partial charge in [-0.3, -0.25) is 0 Å². The summed E-state index contributed by atoms with van der Waals surface area (Å²) >= 11 is 6.14. The van der Waals surface area contributed by atoms with Crippen LogP contribution < -0.4 is 5.32 Å². The van der Waals surface area contributed by atoms with Gasteiger partial charge in [-0.25, -0.2) is 0 Å². The van der Waals surface area contributed by atoms with E-state index >= 15 is 0 Å². The normalized spacial score (nSPS) is 10.7. The summed E-state index contributed by atoms with van der Waals surface area (Å²) in [5.41, 5.74) is 5.10. The molecule has 0 spiro atoms. The van der Waals surface area contributed by atoms with Gasteiger partial charge in [-0.15, -0.1) is 0 Å². The zero-order chi connectivity index (χ0) is 13.7. The van der Waals surface area contributed by atoms with Crippen LogP contribution in [0.1, 0.15) is 25.0 Å². The lowest BCUT2D eigenvalue weighted by Gasteiger charge is -2.11. The van der Waals surface area contributed by atoms with E-state index in [9.17, 15) is 0 Å². The van der Waals surface area contributed by atoms with E-state index in [1.807, 2.05) is 6.07 Å². The highest BCUT2D eigenvalue weighted by molar-refractivity contribution is 6.30. The zero-order valence-corrected chi connectivity index (χ0v) is 12.3. The highest BCUT2D eigenvalue weighted by Crippen LogP contribution is 2.27. The predicted molar refractivity (Wildman–Crippen MR) is 83.6 cm³/mol. The molecule has 0 saturated heterocycles. The van der Waals surface area contributed by atoms with Gasteiger partial charge >= 0.3 is 0 Å². The van der Waals surface area contributed by atoms with Gasteiger partial charge in [0.25, 0.3) is 0 Å². The molecule has 2 rings (SSSR count). The molecule has 0 heterocycles. The summed E-state index contributed by atoms with van der Waals surface area (Å²) < 4.78 is 0. The number of hydrogen-bond acceptors (Lipinski definition) is 1. The lowest BCUT2D eigenvalue weighted by molar-refractivity contribution is 0.728. The fourth-order valence-electron chi connectivity index (χ4n) is 2.15. The van der Waals surface area contributed by atoms with E-state index in [0.717, 1.165) is 24.5 Å². The molecule has 1 N–H and O–H groups in total. The molecule has 0 fully saturated rings. The predicted octanol–water partition coefficient (Wildman–Crippen LogP) is 4.68. The van der Waals surface area contributed by atoms with Crippen LogP contribution in [0.15, 0.2) is 42.5 Å². The van der Waals surface area contributed by atoms with Gasteiger partial charge in [-0.05, 0) is 47.4 Å². The Morgan fingerprint density at radius 1 is 1.00 bits per heavy atom. The number of rotatable bonds is 5. The molecule has 2 heteroatoms. The van der Waals surface area contributed by atoms with Crippen molar-refractivity contribution < 1.29 is 0 Å². The SMILES string of the molecule is CCNCc1ccc(Cl)cc1-c1ccc(CC)cc1. The van der Waals surface area contributed by atoms with Crippen LogP contribution in [0.4, 0.5) is 0 Å². The number of hydrogen-bond donors (Lipinski definition) is 1. The molecular weight excluding hydrogens is 254 g/mol. The molecule has 19 heavy (non-hydrogen) atoms. The Hall–Kier alpha value is -1.31. The summed E-state index contributed by atoms with van der Waals surface area (Å²) in [6.45, 7) is 6.13. The molecular formula is C17H20ClN. The van der Waals surface area contributed by atoms with E-state index in [0.29, 0.717) is 0 Å². The van der Waals surface area contributed by atoms with Gasteiger partial charge < -0.3 is 5.32 Å². The van der Waals surface area contributed by atoms with E-state index in [-0.39, 0.29) is 0 Å². The fourth-order valence-corrected chi connectivity index (χ4v) is 2.32. The highest BCUT2D eigenvalue weighted by atomic mass is 35.5. The topological polar surface area (TPSA) is 12.0 Å². The molecule has 0 aromatic heterocycles. The van der Waals surface area contributed by atoms with Crippen LogP contribution in [0.25, 0.3) is 11.1 Å². The van der Waals surface area contributed by atoms with E-state index in [1.165, 1.54) is 22.3 Å². The summed E-state index contributed by atoms with van der Waals surface area (Å²) in [6.07, 6.45) is 1.07. The molecule has 2 aromatic carbocycles. The van der Waals surface area contributed by atoms with Crippen LogP contribution in [0.2, 0.25) is 5.02 Å². The van der Waals surface area contributed by atoms with E-state index in [1.54, 1.807) is 0 Å². The van der Waals surface area contributed by atoms with Crippen molar-refractivity contribution >= 4 is 11.6 Å². The van der Waals surface area contributed by atoms with Gasteiger partial charge in [0.2, 0.25) is 0 Å². The van der Waals surface area contributed by atoms with E-state index in [2.05, 4.69) is 55.6 Å². The number of aryl methyl sites for hydroxylation is 1. The molecule has 100 valence electrons. The fraction of sp³-hybridized carbons (Fsp3) is 0.294. The second-order valence-corrected chi connectivity index (χ2v) is 5.07. The maximum Gasteiger partial charge on any atom is 0.0412 e. The van der Waals surface area contributed by atoms with Crippen LogP contribution in [0.3, 0.4) is 0 Å². The smallest absolute Gasteiger partial charge is 0.0412 e. The average molecular weight is 274 g/mol. The van der Waals surface area contributed by atoms with Crippen molar-refractivity contribution in [2.24, 2.45) is 0 Å². The summed E-state index contributed by atoms with van der Waals surface area (Å²) in [5, 5.41) is 4.16. The second-order valence-electron chi connectivity index (χ2n) is 4.63. The molecule has 0 atom stereocenters. The first-order valence-corrected chi connectivity index (χ1v) is 7.20. The lowest BCUT2D eigenvalue weighted by Crippen LogP contribution is -2.12. The minimum absolute atomic E-state index is 0.787. The maximum absolute atomic E-state index is 6.14. The lowest BCUT2D eigenvalue weighted by atomic mass is 9.98. The average Bonchev–Trinajstić information content (AvgIpc) is 2.46. The van der Waals surface area contributed by atoms with Crippen LogP contribution >= 0.6 is 11.6 Å². The molecule has 0 aliphatic carbocycles. The van der Waals surface area contributed by atoms with Gasteiger partial charge in [-0.2, -0.15) is 0 Å². The molecule has 0 radical (unpaired) electrons. The van der Waals surface area contributed by atoms with Crippen LogP contribution in [-0.4, -0.2) is 6.54 Å². The van der Waals surface area contributed by atoms with Crippen LogP contribution in [-0.2, 0) is 13.0 Å². The Bertz CT molecular complexity index is 531. The molecule has 0 aliphatic heterocycles. The molecule has 0 bridgehead atoms. The minimum Gasteiger partial charge on any atom is -0.313 e. The third-order valence-electron chi connectivity index (χ3n) is 3.31. The van der Waals surface area contributed by atoms with Crippen LogP contribution in [0.5, 0.6) is 0 Å². The number of benzene rings is 2. The molecule has 0 saturated carbocycles. The Kier molecular flexibility index (Phi) is 5.00. The second kappa shape index (κ2) is 6.74. The quantitative estimate of drug-likeness (QED) is 0.834. The van der Waals surface area contributed by atoms with Gasteiger partial charge in [0.15, 0.2) is 0 Å². The summed E-state index contributed by atoms with van der Waals surface area (Å²) in [5.74, 6) is 0. The summed E-state index contributed by atoms with van der Waals surface area (Å²) in [6, 6.07) is 14.8. The monoisotopic (exact) mass is 273 g/mol. The van der Waals surface area contributed by atoms with Crippen LogP contribution in [0, 0.1) is 0 Å². The van der Waals surface area contributed by atoms with Crippen molar-refractivity contribution in [2.45, 2.75) is 26.8 Å². The molecule has 0 aliphatic rings. The first-order chi connectivity index (χ1) is 9.24. The number of halogens is 1. The molecule has 1 nitrogen and oxygen atoms in total. The zero-order valence-electron chi connectivity index (χ0n) is 11.5. The van der Waals surface area contributed by atoms with Crippen molar-refractivity contribution in [2.75, 3.05) is 6.54 Å². The van der Waals surface area contributed by atoms with Gasteiger partial charge in [0.05, 0.1) is 0 Å². The van der Waals surface area contributed by atoms with Gasteiger partial charge in [0.1, 0.15) is 0 Å². The third-order valence-corrected chi connectivity index (χ3v) is 3.55. The third kappa shape index (κ3) is 3.59. The first-order valence-electron chi connectivity index (χ1n) is 6.83. The Morgan fingerprint density at radius 3 is 2.37 bits per heavy atom. The maximum atomic E-state index is 6.14. The Labute approximate surface area is 120 Å².